The summed E-state index contributed by atoms with van der Waals surface area (Å²) < 4.78 is 0. The predicted molar refractivity (Wildman–Crippen MR) is 50.2 cm³/mol. The SMILES string of the molecule is CC1(C)C(O)CCN1C(=O)CBr. The Balaban J connectivity index is 2.74. The zero-order valence-corrected chi connectivity index (χ0v) is 8.97. The standard InChI is InChI=1S/C8H14BrNO2/c1-8(2)6(11)3-4-10(8)7(12)5-9/h6,11H,3-5H2,1-2H3. The molecular formula is C8H14BrNO2. The highest BCUT2D eigenvalue weighted by molar-refractivity contribution is 9.09. The Morgan fingerprint density at radius 3 is 2.67 bits per heavy atom. The lowest BCUT2D eigenvalue weighted by molar-refractivity contribution is -0.133. The van der Waals surface area contributed by atoms with Crippen molar-refractivity contribution in [2.24, 2.45) is 0 Å². The first kappa shape index (κ1) is 9.99. The van der Waals surface area contributed by atoms with E-state index < -0.39 is 5.54 Å². The van der Waals surface area contributed by atoms with E-state index >= 15 is 0 Å². The summed E-state index contributed by atoms with van der Waals surface area (Å²) in [5.74, 6) is 0.0524. The Kier molecular flexibility index (Phi) is 2.78. The van der Waals surface area contributed by atoms with Crippen LogP contribution in [0.3, 0.4) is 0 Å². The summed E-state index contributed by atoms with van der Waals surface area (Å²) in [4.78, 5) is 13.1. The molecule has 1 N–H and O–H groups in total. The van der Waals surface area contributed by atoms with Crippen molar-refractivity contribution in [2.45, 2.75) is 31.9 Å². The summed E-state index contributed by atoms with van der Waals surface area (Å²) in [5.41, 5.74) is -0.398. The lowest BCUT2D eigenvalue weighted by Gasteiger charge is -2.33. The molecule has 0 aromatic heterocycles. The highest BCUT2D eigenvalue weighted by Crippen LogP contribution is 2.28. The molecule has 0 radical (unpaired) electrons. The molecule has 12 heavy (non-hydrogen) atoms. The molecule has 1 aliphatic rings. The molecule has 1 fully saturated rings. The minimum absolute atomic E-state index is 0.0524. The summed E-state index contributed by atoms with van der Waals surface area (Å²) >= 11 is 3.12. The molecule has 0 aliphatic carbocycles. The first-order valence-electron chi connectivity index (χ1n) is 4.04. The van der Waals surface area contributed by atoms with Crippen LogP contribution in [-0.2, 0) is 4.79 Å². The fourth-order valence-corrected chi connectivity index (χ4v) is 1.89. The molecule has 4 heteroatoms. The van der Waals surface area contributed by atoms with Gasteiger partial charge in [-0.2, -0.15) is 0 Å². The molecule has 1 saturated heterocycles. The number of amides is 1. The normalized spacial score (nSPS) is 27.7. The van der Waals surface area contributed by atoms with Gasteiger partial charge in [0.05, 0.1) is 17.0 Å². The number of halogens is 1. The molecule has 1 heterocycles. The molecule has 0 spiro atoms. The molecule has 0 aromatic carbocycles. The van der Waals surface area contributed by atoms with Crippen molar-refractivity contribution in [3.8, 4) is 0 Å². The Morgan fingerprint density at radius 1 is 1.75 bits per heavy atom. The van der Waals surface area contributed by atoms with E-state index in [9.17, 15) is 9.90 Å². The summed E-state index contributed by atoms with van der Waals surface area (Å²) in [7, 11) is 0. The fraction of sp³-hybridized carbons (Fsp3) is 0.875. The van der Waals surface area contributed by atoms with Crippen molar-refractivity contribution in [2.75, 3.05) is 11.9 Å². The minimum atomic E-state index is -0.398. The van der Waals surface area contributed by atoms with Crippen LogP contribution in [0.1, 0.15) is 20.3 Å². The molecule has 0 aromatic rings. The van der Waals surface area contributed by atoms with Crippen molar-refractivity contribution in [1.29, 1.82) is 0 Å². The molecule has 0 saturated carbocycles. The lowest BCUT2D eigenvalue weighted by Crippen LogP contribution is -2.48. The van der Waals surface area contributed by atoms with E-state index in [1.165, 1.54) is 0 Å². The lowest BCUT2D eigenvalue weighted by atomic mass is 9.99. The smallest absolute Gasteiger partial charge is 0.233 e. The van der Waals surface area contributed by atoms with Gasteiger partial charge in [0.15, 0.2) is 0 Å². The maximum absolute atomic E-state index is 11.3. The van der Waals surface area contributed by atoms with Crippen LogP contribution in [0.15, 0.2) is 0 Å². The van der Waals surface area contributed by atoms with Crippen LogP contribution >= 0.6 is 15.9 Å². The van der Waals surface area contributed by atoms with Gasteiger partial charge in [0.1, 0.15) is 0 Å². The van der Waals surface area contributed by atoms with E-state index in [0.29, 0.717) is 18.3 Å². The number of nitrogens with zero attached hydrogens (tertiary/aromatic N) is 1. The second kappa shape index (κ2) is 3.34. The van der Waals surface area contributed by atoms with Gasteiger partial charge in [-0.3, -0.25) is 4.79 Å². The van der Waals surface area contributed by atoms with E-state index in [0.717, 1.165) is 0 Å². The molecule has 70 valence electrons. The molecule has 1 atom stereocenters. The van der Waals surface area contributed by atoms with Gasteiger partial charge in [-0.25, -0.2) is 0 Å². The maximum Gasteiger partial charge on any atom is 0.233 e. The van der Waals surface area contributed by atoms with Gasteiger partial charge in [0.2, 0.25) is 5.91 Å². The zero-order chi connectivity index (χ0) is 9.35. The van der Waals surface area contributed by atoms with E-state index in [1.54, 1.807) is 4.90 Å². The van der Waals surface area contributed by atoms with Gasteiger partial charge in [-0.15, -0.1) is 0 Å². The Hall–Kier alpha value is -0.0900. The number of alkyl halides is 1. The number of likely N-dealkylation sites (tertiary alicyclic amines) is 1. The van der Waals surface area contributed by atoms with Crippen molar-refractivity contribution in [3.63, 3.8) is 0 Å². The molecule has 3 nitrogen and oxygen atoms in total. The number of carbonyl (C=O) groups excluding carboxylic acids is 1. The van der Waals surface area contributed by atoms with Gasteiger partial charge in [-0.05, 0) is 20.3 Å². The number of hydrogen-bond acceptors (Lipinski definition) is 2. The van der Waals surface area contributed by atoms with E-state index in [2.05, 4.69) is 15.9 Å². The molecule has 1 rings (SSSR count). The van der Waals surface area contributed by atoms with Crippen LogP contribution in [0.25, 0.3) is 0 Å². The third-order valence-corrected chi connectivity index (χ3v) is 3.03. The van der Waals surface area contributed by atoms with Gasteiger partial charge >= 0.3 is 0 Å². The second-order valence-electron chi connectivity index (χ2n) is 3.64. The summed E-state index contributed by atoms with van der Waals surface area (Å²) in [5, 5.41) is 9.90. The van der Waals surface area contributed by atoms with Crippen molar-refractivity contribution in [3.05, 3.63) is 0 Å². The summed E-state index contributed by atoms with van der Waals surface area (Å²) in [6.07, 6.45) is 0.298. The van der Waals surface area contributed by atoms with Crippen LogP contribution in [-0.4, -0.2) is 39.4 Å². The topological polar surface area (TPSA) is 40.5 Å². The van der Waals surface area contributed by atoms with Crippen LogP contribution in [0.5, 0.6) is 0 Å². The number of carbonyl (C=O) groups is 1. The van der Waals surface area contributed by atoms with Crippen molar-refractivity contribution in [1.82, 2.24) is 4.90 Å². The third-order valence-electron chi connectivity index (χ3n) is 2.55. The number of hydrogen-bond donors (Lipinski definition) is 1. The summed E-state index contributed by atoms with van der Waals surface area (Å²) in [6.45, 7) is 4.45. The maximum atomic E-state index is 11.3. The van der Waals surface area contributed by atoms with Gasteiger partial charge in [0.25, 0.3) is 0 Å². The Bertz CT molecular complexity index is 193. The molecule has 1 amide bonds. The van der Waals surface area contributed by atoms with Crippen LogP contribution < -0.4 is 0 Å². The minimum Gasteiger partial charge on any atom is -0.391 e. The van der Waals surface area contributed by atoms with Crippen LogP contribution in [0.4, 0.5) is 0 Å². The molecule has 0 bridgehead atoms. The van der Waals surface area contributed by atoms with Crippen LogP contribution in [0, 0.1) is 0 Å². The number of aliphatic hydroxyl groups is 1. The first-order valence-corrected chi connectivity index (χ1v) is 5.16. The predicted octanol–water partition coefficient (Wildman–Crippen LogP) is 0.753. The average Bonchev–Trinajstić information content (AvgIpc) is 2.27. The fourth-order valence-electron chi connectivity index (χ4n) is 1.59. The van der Waals surface area contributed by atoms with E-state index in [1.807, 2.05) is 13.8 Å². The van der Waals surface area contributed by atoms with E-state index in [4.69, 9.17) is 0 Å². The van der Waals surface area contributed by atoms with Crippen molar-refractivity contribution < 1.29 is 9.90 Å². The highest BCUT2D eigenvalue weighted by Gasteiger charge is 2.42. The molecule has 1 aliphatic heterocycles. The first-order chi connectivity index (χ1) is 5.50. The quantitative estimate of drug-likeness (QED) is 0.682. The third kappa shape index (κ3) is 1.50. The molecular weight excluding hydrogens is 222 g/mol. The van der Waals surface area contributed by atoms with Gasteiger partial charge in [-0.1, -0.05) is 15.9 Å². The number of rotatable bonds is 1. The second-order valence-corrected chi connectivity index (χ2v) is 4.20. The summed E-state index contributed by atoms with van der Waals surface area (Å²) in [6, 6.07) is 0. The average molecular weight is 236 g/mol. The van der Waals surface area contributed by atoms with Crippen LogP contribution in [0.2, 0.25) is 0 Å². The Labute approximate surface area is 80.9 Å². The van der Waals surface area contributed by atoms with E-state index in [-0.39, 0.29) is 12.0 Å². The number of aliphatic hydroxyl groups excluding tert-OH is 1. The highest BCUT2D eigenvalue weighted by atomic mass is 79.9. The zero-order valence-electron chi connectivity index (χ0n) is 7.38. The van der Waals surface area contributed by atoms with Gasteiger partial charge in [0, 0.05) is 6.54 Å². The molecule has 1 unspecified atom stereocenters. The largest absolute Gasteiger partial charge is 0.391 e. The Morgan fingerprint density at radius 2 is 2.33 bits per heavy atom. The van der Waals surface area contributed by atoms with Crippen molar-refractivity contribution >= 4 is 21.8 Å². The monoisotopic (exact) mass is 235 g/mol. The van der Waals surface area contributed by atoms with Gasteiger partial charge < -0.3 is 10.0 Å².